The Labute approximate surface area is 179 Å². The zero-order chi connectivity index (χ0) is 22.1. The minimum absolute atomic E-state index is 0.164. The fraction of sp³-hybridized carbons (Fsp3) is 0.292. The van der Waals surface area contributed by atoms with E-state index in [-0.39, 0.29) is 24.5 Å². The number of amides is 1. The van der Waals surface area contributed by atoms with Crippen LogP contribution in [0.3, 0.4) is 0 Å². The van der Waals surface area contributed by atoms with Crippen molar-refractivity contribution in [2.24, 2.45) is 0 Å². The van der Waals surface area contributed by atoms with Crippen molar-refractivity contribution in [2.75, 3.05) is 13.2 Å². The molecule has 0 atom stereocenters. The fourth-order valence-electron chi connectivity index (χ4n) is 4.01. The van der Waals surface area contributed by atoms with E-state index in [1.165, 1.54) is 0 Å². The SMILES string of the molecule is CCOC(=O)N1CCc2ccc3c(C(=O)O)c(O)c(Cc4ccc(C)cc4)nc3c2C1. The molecule has 0 unspecified atom stereocenters. The van der Waals surface area contributed by atoms with Gasteiger partial charge in [0, 0.05) is 23.9 Å². The van der Waals surface area contributed by atoms with Crippen LogP contribution in [0.5, 0.6) is 5.75 Å². The van der Waals surface area contributed by atoms with E-state index in [1.807, 2.05) is 37.3 Å². The summed E-state index contributed by atoms with van der Waals surface area (Å²) >= 11 is 0. The molecule has 1 amide bonds. The summed E-state index contributed by atoms with van der Waals surface area (Å²) in [5, 5.41) is 21.0. The number of hydrogen-bond donors (Lipinski definition) is 2. The molecular weight excluding hydrogens is 396 g/mol. The molecule has 1 aliphatic rings. The number of benzene rings is 2. The quantitative estimate of drug-likeness (QED) is 0.660. The molecule has 2 heterocycles. The summed E-state index contributed by atoms with van der Waals surface area (Å²) in [6.45, 7) is 4.84. The maximum atomic E-state index is 12.3. The van der Waals surface area contributed by atoms with Crippen LogP contribution in [-0.4, -0.2) is 45.3 Å². The monoisotopic (exact) mass is 420 g/mol. The summed E-state index contributed by atoms with van der Waals surface area (Å²) in [4.78, 5) is 30.6. The number of aromatic nitrogens is 1. The standard InChI is InChI=1S/C24H24N2O5/c1-3-31-24(30)26-11-10-16-8-9-17-20(23(28)29)22(27)19(25-21(17)18(16)13-26)12-15-6-4-14(2)5-7-15/h4-9,27H,3,10-13H2,1-2H3,(H,28,29). The van der Waals surface area contributed by atoms with Crippen molar-refractivity contribution in [3.63, 3.8) is 0 Å². The van der Waals surface area contributed by atoms with Gasteiger partial charge in [0.2, 0.25) is 0 Å². The number of aryl methyl sites for hydroxylation is 1. The van der Waals surface area contributed by atoms with Crippen LogP contribution in [0.1, 0.15) is 45.2 Å². The lowest BCUT2D eigenvalue weighted by Gasteiger charge is -2.29. The van der Waals surface area contributed by atoms with Gasteiger partial charge in [0.1, 0.15) is 5.56 Å². The highest BCUT2D eigenvalue weighted by Crippen LogP contribution is 2.35. The molecule has 160 valence electrons. The van der Waals surface area contributed by atoms with Crippen molar-refractivity contribution in [1.29, 1.82) is 0 Å². The van der Waals surface area contributed by atoms with Gasteiger partial charge in [-0.3, -0.25) is 0 Å². The Hall–Kier alpha value is -3.61. The summed E-state index contributed by atoms with van der Waals surface area (Å²) in [5.41, 5.74) is 4.48. The smallest absolute Gasteiger partial charge is 0.410 e. The number of pyridine rings is 1. The van der Waals surface area contributed by atoms with E-state index in [2.05, 4.69) is 0 Å². The summed E-state index contributed by atoms with van der Waals surface area (Å²) in [7, 11) is 0. The molecule has 2 N–H and O–H groups in total. The van der Waals surface area contributed by atoms with Gasteiger partial charge in [0.15, 0.2) is 5.75 Å². The molecular formula is C24H24N2O5. The van der Waals surface area contributed by atoms with Crippen molar-refractivity contribution < 1.29 is 24.5 Å². The summed E-state index contributed by atoms with van der Waals surface area (Å²) in [6.07, 6.45) is 0.526. The third-order valence-electron chi connectivity index (χ3n) is 5.64. The predicted molar refractivity (Wildman–Crippen MR) is 115 cm³/mol. The lowest BCUT2D eigenvalue weighted by molar-refractivity contribution is 0.0695. The number of ether oxygens (including phenoxy) is 1. The van der Waals surface area contributed by atoms with Crippen LogP contribution in [0, 0.1) is 6.92 Å². The molecule has 1 aliphatic heterocycles. The first-order valence-electron chi connectivity index (χ1n) is 10.3. The number of nitrogens with zero attached hydrogens (tertiary/aromatic N) is 2. The van der Waals surface area contributed by atoms with E-state index in [9.17, 15) is 19.8 Å². The van der Waals surface area contributed by atoms with Crippen LogP contribution in [0.15, 0.2) is 36.4 Å². The van der Waals surface area contributed by atoms with Crippen LogP contribution in [-0.2, 0) is 24.1 Å². The van der Waals surface area contributed by atoms with Gasteiger partial charge in [0.05, 0.1) is 24.4 Å². The van der Waals surface area contributed by atoms with E-state index in [0.29, 0.717) is 36.0 Å². The molecule has 0 aliphatic carbocycles. The molecule has 0 saturated carbocycles. The van der Waals surface area contributed by atoms with Gasteiger partial charge >= 0.3 is 12.1 Å². The zero-order valence-corrected chi connectivity index (χ0v) is 17.5. The third-order valence-corrected chi connectivity index (χ3v) is 5.64. The molecule has 0 radical (unpaired) electrons. The molecule has 7 nitrogen and oxygen atoms in total. The maximum Gasteiger partial charge on any atom is 0.410 e. The first-order valence-corrected chi connectivity index (χ1v) is 10.3. The van der Waals surface area contributed by atoms with Crippen molar-refractivity contribution in [1.82, 2.24) is 9.88 Å². The Morgan fingerprint density at radius 2 is 1.90 bits per heavy atom. The summed E-state index contributed by atoms with van der Waals surface area (Å²) in [5.74, 6) is -1.54. The van der Waals surface area contributed by atoms with Crippen molar-refractivity contribution in [3.05, 3.63) is 69.9 Å². The van der Waals surface area contributed by atoms with Crippen LogP contribution in [0.25, 0.3) is 10.9 Å². The number of fused-ring (bicyclic) bond motifs is 3. The molecule has 31 heavy (non-hydrogen) atoms. The second kappa shape index (κ2) is 8.26. The minimum Gasteiger partial charge on any atom is -0.505 e. The molecule has 1 aromatic heterocycles. The van der Waals surface area contributed by atoms with Crippen LogP contribution in [0.4, 0.5) is 4.79 Å². The molecule has 0 fully saturated rings. The Morgan fingerprint density at radius 3 is 2.58 bits per heavy atom. The highest BCUT2D eigenvalue weighted by molar-refractivity contribution is 6.06. The van der Waals surface area contributed by atoms with Gasteiger partial charge < -0.3 is 19.8 Å². The average Bonchev–Trinajstić information content (AvgIpc) is 2.75. The van der Waals surface area contributed by atoms with Gasteiger partial charge in [-0.2, -0.15) is 0 Å². The number of rotatable bonds is 4. The fourth-order valence-corrected chi connectivity index (χ4v) is 4.01. The molecule has 7 heteroatoms. The zero-order valence-electron chi connectivity index (χ0n) is 17.5. The number of carbonyl (C=O) groups is 2. The van der Waals surface area contributed by atoms with Gasteiger partial charge in [-0.1, -0.05) is 42.0 Å². The van der Waals surface area contributed by atoms with Gasteiger partial charge in [-0.05, 0) is 31.4 Å². The molecule has 2 aromatic carbocycles. The predicted octanol–water partition coefficient (Wildman–Crippen LogP) is 4.05. The van der Waals surface area contributed by atoms with Gasteiger partial charge in [0.25, 0.3) is 0 Å². The summed E-state index contributed by atoms with van der Waals surface area (Å²) in [6, 6.07) is 11.3. The lowest BCUT2D eigenvalue weighted by Crippen LogP contribution is -2.36. The Bertz CT molecular complexity index is 1170. The van der Waals surface area contributed by atoms with Crippen LogP contribution >= 0.6 is 0 Å². The molecule has 4 rings (SSSR count). The van der Waals surface area contributed by atoms with Crippen molar-refractivity contribution in [2.45, 2.75) is 33.2 Å². The first-order chi connectivity index (χ1) is 14.9. The minimum atomic E-state index is -1.21. The van der Waals surface area contributed by atoms with E-state index in [4.69, 9.17) is 9.72 Å². The molecule has 0 spiro atoms. The summed E-state index contributed by atoms with van der Waals surface area (Å²) < 4.78 is 5.13. The van der Waals surface area contributed by atoms with Gasteiger partial charge in [-0.15, -0.1) is 0 Å². The van der Waals surface area contributed by atoms with E-state index < -0.39 is 12.1 Å². The Morgan fingerprint density at radius 1 is 1.16 bits per heavy atom. The molecule has 0 bridgehead atoms. The first kappa shape index (κ1) is 20.7. The van der Waals surface area contributed by atoms with Gasteiger partial charge in [-0.25, -0.2) is 14.6 Å². The van der Waals surface area contributed by atoms with Crippen LogP contribution in [0.2, 0.25) is 0 Å². The number of hydrogen-bond acceptors (Lipinski definition) is 5. The number of carboxylic acids is 1. The average molecular weight is 420 g/mol. The highest BCUT2D eigenvalue weighted by atomic mass is 16.6. The highest BCUT2D eigenvalue weighted by Gasteiger charge is 2.27. The molecule has 3 aromatic rings. The number of carbonyl (C=O) groups excluding carboxylic acids is 1. The second-order valence-electron chi connectivity index (χ2n) is 7.72. The number of aromatic carboxylic acids is 1. The van der Waals surface area contributed by atoms with Crippen LogP contribution < -0.4 is 0 Å². The number of carboxylic acid groups (broad SMARTS) is 1. The van der Waals surface area contributed by atoms with Crippen molar-refractivity contribution >= 4 is 23.0 Å². The maximum absolute atomic E-state index is 12.3. The number of aromatic hydroxyl groups is 1. The van der Waals surface area contributed by atoms with E-state index in [1.54, 1.807) is 17.9 Å². The molecule has 0 saturated heterocycles. The second-order valence-corrected chi connectivity index (χ2v) is 7.72. The van der Waals surface area contributed by atoms with E-state index in [0.717, 1.165) is 22.3 Å². The van der Waals surface area contributed by atoms with E-state index >= 15 is 0 Å². The topological polar surface area (TPSA) is 100.0 Å². The Kier molecular flexibility index (Phi) is 5.50. The van der Waals surface area contributed by atoms with Crippen molar-refractivity contribution in [3.8, 4) is 5.75 Å². The Balaban J connectivity index is 1.85. The largest absolute Gasteiger partial charge is 0.505 e. The third kappa shape index (κ3) is 3.91. The lowest BCUT2D eigenvalue weighted by atomic mass is 9.93. The normalized spacial score (nSPS) is 13.2.